The van der Waals surface area contributed by atoms with Gasteiger partial charge in [-0.2, -0.15) is 5.10 Å². The standard InChI is InChI=1S/C23H32N4O2/c1-2-3-7-14-24-23(29)20-12-15-26(16-13-20)22(28)11-10-19-17-25-27(18-19)21-8-5-4-6-9-21/h4-6,8-9,17-18,20H,2-3,7,10-16H2,1H3,(H,24,29). The molecule has 1 aliphatic rings. The number of carbonyl (C=O) groups is 2. The van der Waals surface area contributed by atoms with E-state index in [1.165, 1.54) is 0 Å². The van der Waals surface area contributed by atoms with Crippen molar-refractivity contribution in [2.24, 2.45) is 5.92 Å². The molecule has 1 saturated heterocycles. The van der Waals surface area contributed by atoms with Crippen LogP contribution in [0.5, 0.6) is 0 Å². The Morgan fingerprint density at radius 1 is 1.14 bits per heavy atom. The summed E-state index contributed by atoms with van der Waals surface area (Å²) >= 11 is 0. The highest BCUT2D eigenvalue weighted by Crippen LogP contribution is 2.19. The van der Waals surface area contributed by atoms with Crippen molar-refractivity contribution in [3.8, 4) is 5.69 Å². The molecule has 0 bridgehead atoms. The number of piperidine rings is 1. The fourth-order valence-electron chi connectivity index (χ4n) is 3.74. The molecule has 0 unspecified atom stereocenters. The molecule has 2 amide bonds. The molecule has 3 rings (SSSR count). The molecule has 2 heterocycles. The number of carbonyl (C=O) groups excluding carboxylic acids is 2. The Bertz CT molecular complexity index is 779. The zero-order valence-corrected chi connectivity index (χ0v) is 17.3. The molecule has 0 aliphatic carbocycles. The molecule has 2 aromatic rings. The van der Waals surface area contributed by atoms with Gasteiger partial charge in [0, 0.05) is 38.2 Å². The number of hydrogen-bond donors (Lipinski definition) is 1. The number of nitrogens with one attached hydrogen (secondary N) is 1. The van der Waals surface area contributed by atoms with Crippen LogP contribution in [0.1, 0.15) is 51.0 Å². The minimum absolute atomic E-state index is 0.0461. The summed E-state index contributed by atoms with van der Waals surface area (Å²) in [4.78, 5) is 26.7. The van der Waals surface area contributed by atoms with Gasteiger partial charge in [0.25, 0.3) is 0 Å². The van der Waals surface area contributed by atoms with Gasteiger partial charge in [-0.1, -0.05) is 38.0 Å². The highest BCUT2D eigenvalue weighted by molar-refractivity contribution is 5.80. The molecular formula is C23H32N4O2. The molecule has 6 heteroatoms. The summed E-state index contributed by atoms with van der Waals surface area (Å²) in [7, 11) is 0. The van der Waals surface area contributed by atoms with E-state index in [0.29, 0.717) is 25.9 Å². The van der Waals surface area contributed by atoms with Crippen molar-refractivity contribution in [2.45, 2.75) is 51.9 Å². The van der Waals surface area contributed by atoms with Gasteiger partial charge >= 0.3 is 0 Å². The van der Waals surface area contributed by atoms with Gasteiger partial charge < -0.3 is 10.2 Å². The number of aromatic nitrogens is 2. The van der Waals surface area contributed by atoms with Crippen LogP contribution in [0.4, 0.5) is 0 Å². The van der Waals surface area contributed by atoms with Crippen LogP contribution in [0, 0.1) is 5.92 Å². The van der Waals surface area contributed by atoms with E-state index in [0.717, 1.165) is 49.9 Å². The molecule has 1 aliphatic heterocycles. The van der Waals surface area contributed by atoms with Crippen molar-refractivity contribution in [3.63, 3.8) is 0 Å². The first-order valence-corrected chi connectivity index (χ1v) is 10.8. The van der Waals surface area contributed by atoms with Gasteiger partial charge in [-0.05, 0) is 43.4 Å². The van der Waals surface area contributed by atoms with E-state index in [-0.39, 0.29) is 17.7 Å². The lowest BCUT2D eigenvalue weighted by atomic mass is 9.95. The predicted octanol–water partition coefficient (Wildman–Crippen LogP) is 3.35. The largest absolute Gasteiger partial charge is 0.356 e. The van der Waals surface area contributed by atoms with E-state index >= 15 is 0 Å². The second-order valence-corrected chi connectivity index (χ2v) is 7.78. The normalized spacial score (nSPS) is 14.7. The van der Waals surface area contributed by atoms with Gasteiger partial charge in [0.2, 0.25) is 11.8 Å². The van der Waals surface area contributed by atoms with Crippen LogP contribution in [0.25, 0.3) is 5.69 Å². The van der Waals surface area contributed by atoms with E-state index in [9.17, 15) is 9.59 Å². The van der Waals surface area contributed by atoms with Crippen LogP contribution < -0.4 is 5.32 Å². The lowest BCUT2D eigenvalue weighted by Gasteiger charge is -2.31. The fraction of sp³-hybridized carbons (Fsp3) is 0.522. The van der Waals surface area contributed by atoms with E-state index in [1.54, 1.807) is 0 Å². The van der Waals surface area contributed by atoms with E-state index in [1.807, 2.05) is 52.3 Å². The van der Waals surface area contributed by atoms with Crippen molar-refractivity contribution in [1.82, 2.24) is 20.0 Å². The molecule has 1 aromatic heterocycles. The second kappa shape index (κ2) is 10.8. The van der Waals surface area contributed by atoms with E-state index in [2.05, 4.69) is 17.3 Å². The van der Waals surface area contributed by atoms with Gasteiger partial charge in [-0.3, -0.25) is 9.59 Å². The third-order valence-electron chi connectivity index (χ3n) is 5.58. The second-order valence-electron chi connectivity index (χ2n) is 7.78. The number of unbranched alkanes of at least 4 members (excludes halogenated alkanes) is 2. The summed E-state index contributed by atoms with van der Waals surface area (Å²) in [6, 6.07) is 9.95. The Hall–Kier alpha value is -2.63. The zero-order chi connectivity index (χ0) is 20.5. The number of benzene rings is 1. The van der Waals surface area contributed by atoms with Crippen LogP contribution >= 0.6 is 0 Å². The number of likely N-dealkylation sites (tertiary alicyclic amines) is 1. The first-order valence-electron chi connectivity index (χ1n) is 10.8. The van der Waals surface area contributed by atoms with Crippen molar-refractivity contribution < 1.29 is 9.59 Å². The highest BCUT2D eigenvalue weighted by atomic mass is 16.2. The monoisotopic (exact) mass is 396 g/mol. The fourth-order valence-corrected chi connectivity index (χ4v) is 3.74. The van der Waals surface area contributed by atoms with Gasteiger partial charge in [0.1, 0.15) is 0 Å². The predicted molar refractivity (Wildman–Crippen MR) is 114 cm³/mol. The third kappa shape index (κ3) is 6.17. The maximum absolute atomic E-state index is 12.6. The van der Waals surface area contributed by atoms with Crippen LogP contribution in [0.15, 0.2) is 42.7 Å². The lowest BCUT2D eigenvalue weighted by molar-refractivity contribution is -0.135. The number of hydrogen-bond acceptors (Lipinski definition) is 3. The SMILES string of the molecule is CCCCCNC(=O)C1CCN(C(=O)CCc2cnn(-c3ccccc3)c2)CC1. The number of nitrogens with zero attached hydrogens (tertiary/aromatic N) is 3. The number of aryl methyl sites for hydroxylation is 1. The molecule has 156 valence electrons. The number of para-hydroxylation sites is 1. The summed E-state index contributed by atoms with van der Waals surface area (Å²) < 4.78 is 1.84. The quantitative estimate of drug-likeness (QED) is 0.661. The molecule has 1 N–H and O–H groups in total. The first-order chi connectivity index (χ1) is 14.2. The minimum Gasteiger partial charge on any atom is -0.356 e. The molecule has 0 saturated carbocycles. The minimum atomic E-state index is 0.0461. The van der Waals surface area contributed by atoms with Crippen molar-refractivity contribution >= 4 is 11.8 Å². The zero-order valence-electron chi connectivity index (χ0n) is 17.3. The smallest absolute Gasteiger partial charge is 0.223 e. The Morgan fingerprint density at radius 3 is 2.62 bits per heavy atom. The molecule has 6 nitrogen and oxygen atoms in total. The summed E-state index contributed by atoms with van der Waals surface area (Å²) in [5.74, 6) is 0.366. The van der Waals surface area contributed by atoms with Crippen LogP contribution in [0.3, 0.4) is 0 Å². The molecule has 29 heavy (non-hydrogen) atoms. The lowest BCUT2D eigenvalue weighted by Crippen LogP contribution is -2.43. The van der Waals surface area contributed by atoms with Crippen LogP contribution in [-0.4, -0.2) is 46.1 Å². The highest BCUT2D eigenvalue weighted by Gasteiger charge is 2.26. The molecule has 1 fully saturated rings. The van der Waals surface area contributed by atoms with E-state index < -0.39 is 0 Å². The van der Waals surface area contributed by atoms with Crippen LogP contribution in [0.2, 0.25) is 0 Å². The first kappa shape index (κ1) is 21.1. The van der Waals surface area contributed by atoms with Crippen molar-refractivity contribution in [1.29, 1.82) is 0 Å². The van der Waals surface area contributed by atoms with Gasteiger partial charge in [0.05, 0.1) is 11.9 Å². The Kier molecular flexibility index (Phi) is 7.85. The Balaban J connectivity index is 1.39. The molecule has 0 radical (unpaired) electrons. The summed E-state index contributed by atoms with van der Waals surface area (Å²) in [5, 5.41) is 7.43. The van der Waals surface area contributed by atoms with Crippen molar-refractivity contribution in [2.75, 3.05) is 19.6 Å². The third-order valence-corrected chi connectivity index (χ3v) is 5.58. The van der Waals surface area contributed by atoms with Gasteiger partial charge in [-0.25, -0.2) is 4.68 Å². The Morgan fingerprint density at radius 2 is 1.90 bits per heavy atom. The summed E-state index contributed by atoms with van der Waals surface area (Å²) in [6.45, 7) is 4.27. The van der Waals surface area contributed by atoms with E-state index in [4.69, 9.17) is 0 Å². The maximum Gasteiger partial charge on any atom is 0.223 e. The number of rotatable bonds is 9. The average molecular weight is 397 g/mol. The van der Waals surface area contributed by atoms with Crippen molar-refractivity contribution in [3.05, 3.63) is 48.3 Å². The average Bonchev–Trinajstić information content (AvgIpc) is 3.25. The number of amides is 2. The topological polar surface area (TPSA) is 67.2 Å². The Labute approximate surface area is 173 Å². The van der Waals surface area contributed by atoms with Gasteiger partial charge in [0.15, 0.2) is 0 Å². The molecule has 0 atom stereocenters. The molecular weight excluding hydrogens is 364 g/mol. The van der Waals surface area contributed by atoms with Gasteiger partial charge in [-0.15, -0.1) is 0 Å². The maximum atomic E-state index is 12.6. The summed E-state index contributed by atoms with van der Waals surface area (Å²) in [5.41, 5.74) is 2.07. The molecule has 0 spiro atoms. The molecule has 1 aromatic carbocycles. The summed E-state index contributed by atoms with van der Waals surface area (Å²) in [6.07, 6.45) is 9.85. The van der Waals surface area contributed by atoms with Crippen LogP contribution in [-0.2, 0) is 16.0 Å².